The second-order valence-corrected chi connectivity index (χ2v) is 5.55. The minimum Gasteiger partial charge on any atom is -0.465 e. The van der Waals surface area contributed by atoms with Crippen molar-refractivity contribution in [3.8, 4) is 0 Å². The van der Waals surface area contributed by atoms with Crippen molar-refractivity contribution in [2.24, 2.45) is 0 Å². The van der Waals surface area contributed by atoms with E-state index in [-0.39, 0.29) is 23.7 Å². The summed E-state index contributed by atoms with van der Waals surface area (Å²) in [5, 5.41) is 2.91. The Morgan fingerprint density at radius 2 is 2.15 bits per heavy atom. The molecule has 2 rings (SSSR count). The summed E-state index contributed by atoms with van der Waals surface area (Å²) in [6.07, 6.45) is 0. The molecule has 0 aliphatic carbocycles. The van der Waals surface area contributed by atoms with Gasteiger partial charge in [0.1, 0.15) is 6.54 Å². The highest BCUT2D eigenvalue weighted by atomic mass is 35.5. The second-order valence-electron chi connectivity index (χ2n) is 3.99. The number of aromatic nitrogens is 3. The molecule has 2 heterocycles. The van der Waals surface area contributed by atoms with Crippen molar-refractivity contribution >= 4 is 41.2 Å². The van der Waals surface area contributed by atoms with Crippen LogP contribution in [0.4, 0.5) is 11.9 Å². The average molecular weight is 318 g/mol. The molecule has 9 heteroatoms. The number of esters is 1. The van der Waals surface area contributed by atoms with E-state index >= 15 is 0 Å². The summed E-state index contributed by atoms with van der Waals surface area (Å²) in [5.41, 5.74) is 0. The van der Waals surface area contributed by atoms with Gasteiger partial charge in [-0.1, -0.05) is 0 Å². The topological polar surface area (TPSA) is 80.2 Å². The van der Waals surface area contributed by atoms with Crippen LogP contribution in [0.2, 0.25) is 5.28 Å². The van der Waals surface area contributed by atoms with Crippen LogP contribution in [0.3, 0.4) is 0 Å². The van der Waals surface area contributed by atoms with Crippen LogP contribution in [0, 0.1) is 0 Å². The minimum atomic E-state index is -0.361. The number of nitrogens with one attached hydrogen (secondary N) is 1. The van der Waals surface area contributed by atoms with Gasteiger partial charge in [0.05, 0.1) is 6.61 Å². The van der Waals surface area contributed by atoms with Crippen molar-refractivity contribution in [2.45, 2.75) is 6.92 Å². The van der Waals surface area contributed by atoms with E-state index in [1.54, 1.807) is 6.92 Å². The third-order valence-electron chi connectivity index (χ3n) is 2.59. The quantitative estimate of drug-likeness (QED) is 0.807. The van der Waals surface area contributed by atoms with Gasteiger partial charge in [-0.15, -0.1) is 0 Å². The number of carbonyl (C=O) groups is 1. The molecule has 0 saturated carbocycles. The summed E-state index contributed by atoms with van der Waals surface area (Å²) in [6.45, 7) is 3.85. The van der Waals surface area contributed by atoms with Gasteiger partial charge in [0.25, 0.3) is 0 Å². The molecule has 0 unspecified atom stereocenters. The highest BCUT2D eigenvalue weighted by molar-refractivity contribution is 7.99. The summed E-state index contributed by atoms with van der Waals surface area (Å²) in [7, 11) is 0. The number of halogens is 1. The van der Waals surface area contributed by atoms with E-state index in [1.165, 1.54) is 0 Å². The van der Waals surface area contributed by atoms with Crippen LogP contribution in [0.1, 0.15) is 6.92 Å². The Labute approximate surface area is 126 Å². The molecule has 1 aromatic rings. The standard InChI is InChI=1S/C11H16ClN5O2S/c1-2-19-8(18)7-13-10-14-9(12)15-11(16-10)17-3-5-20-6-4-17/h2-7H2,1H3,(H,13,14,15,16). The van der Waals surface area contributed by atoms with E-state index in [0.29, 0.717) is 12.6 Å². The van der Waals surface area contributed by atoms with Crippen LogP contribution < -0.4 is 10.2 Å². The predicted molar refractivity (Wildman–Crippen MR) is 79.5 cm³/mol. The van der Waals surface area contributed by atoms with Crippen LogP contribution >= 0.6 is 23.4 Å². The molecule has 1 aliphatic heterocycles. The lowest BCUT2D eigenvalue weighted by molar-refractivity contribution is -0.140. The maximum absolute atomic E-state index is 11.3. The molecule has 0 amide bonds. The lowest BCUT2D eigenvalue weighted by Crippen LogP contribution is -2.34. The third-order valence-corrected chi connectivity index (χ3v) is 3.70. The minimum absolute atomic E-state index is 0.00345. The fraction of sp³-hybridized carbons (Fsp3) is 0.636. The first-order chi connectivity index (χ1) is 9.69. The van der Waals surface area contributed by atoms with E-state index in [1.807, 2.05) is 11.8 Å². The van der Waals surface area contributed by atoms with Crippen LogP contribution in [0.25, 0.3) is 0 Å². The number of nitrogens with zero attached hydrogens (tertiary/aromatic N) is 4. The Kier molecular flexibility index (Phi) is 5.66. The molecule has 0 spiro atoms. The maximum atomic E-state index is 11.3. The Hall–Kier alpha value is -1.28. The summed E-state index contributed by atoms with van der Waals surface area (Å²) in [6, 6.07) is 0. The van der Waals surface area contributed by atoms with E-state index in [0.717, 1.165) is 24.6 Å². The monoisotopic (exact) mass is 317 g/mol. The van der Waals surface area contributed by atoms with Gasteiger partial charge in [-0.25, -0.2) is 0 Å². The van der Waals surface area contributed by atoms with Gasteiger partial charge in [0, 0.05) is 24.6 Å². The number of anilines is 2. The number of carbonyl (C=O) groups excluding carboxylic acids is 1. The number of rotatable bonds is 5. The van der Waals surface area contributed by atoms with Crippen molar-refractivity contribution in [3.05, 3.63) is 5.28 Å². The molecule has 0 radical (unpaired) electrons. The molecule has 0 aromatic carbocycles. The van der Waals surface area contributed by atoms with Gasteiger partial charge in [0.15, 0.2) is 0 Å². The molecular formula is C11H16ClN5O2S. The van der Waals surface area contributed by atoms with Gasteiger partial charge in [-0.3, -0.25) is 4.79 Å². The highest BCUT2D eigenvalue weighted by Crippen LogP contribution is 2.18. The highest BCUT2D eigenvalue weighted by Gasteiger charge is 2.16. The van der Waals surface area contributed by atoms with Gasteiger partial charge in [-0.05, 0) is 18.5 Å². The van der Waals surface area contributed by atoms with E-state index in [9.17, 15) is 4.79 Å². The fourth-order valence-corrected chi connectivity index (χ4v) is 2.75. The Morgan fingerprint density at radius 1 is 1.40 bits per heavy atom. The first-order valence-corrected chi connectivity index (χ1v) is 7.86. The SMILES string of the molecule is CCOC(=O)CNc1nc(Cl)nc(N2CCSCC2)n1. The van der Waals surface area contributed by atoms with Gasteiger partial charge < -0.3 is 15.0 Å². The fourth-order valence-electron chi connectivity index (χ4n) is 1.69. The molecule has 1 saturated heterocycles. The normalized spacial score (nSPS) is 15.0. The summed E-state index contributed by atoms with van der Waals surface area (Å²) in [4.78, 5) is 25.7. The summed E-state index contributed by atoms with van der Waals surface area (Å²) in [5.74, 6) is 2.53. The van der Waals surface area contributed by atoms with E-state index in [4.69, 9.17) is 16.3 Å². The molecule has 7 nitrogen and oxygen atoms in total. The molecule has 1 N–H and O–H groups in total. The molecule has 1 aliphatic rings. The first-order valence-electron chi connectivity index (χ1n) is 6.33. The Bertz CT molecular complexity index is 470. The molecular weight excluding hydrogens is 302 g/mol. The number of hydrogen-bond donors (Lipinski definition) is 1. The van der Waals surface area contributed by atoms with E-state index < -0.39 is 0 Å². The Morgan fingerprint density at radius 3 is 2.85 bits per heavy atom. The van der Waals surface area contributed by atoms with Gasteiger partial charge >= 0.3 is 5.97 Å². The lowest BCUT2D eigenvalue weighted by Gasteiger charge is -2.26. The van der Waals surface area contributed by atoms with Crippen LogP contribution in [-0.4, -0.2) is 58.7 Å². The third kappa shape index (κ3) is 4.38. The molecule has 1 aromatic heterocycles. The smallest absolute Gasteiger partial charge is 0.325 e. The zero-order valence-corrected chi connectivity index (χ0v) is 12.7. The molecule has 0 atom stereocenters. The van der Waals surface area contributed by atoms with Crippen LogP contribution in [0.15, 0.2) is 0 Å². The molecule has 20 heavy (non-hydrogen) atoms. The number of hydrogen-bond acceptors (Lipinski definition) is 8. The average Bonchev–Trinajstić information content (AvgIpc) is 2.46. The molecule has 110 valence electrons. The van der Waals surface area contributed by atoms with Crippen molar-refractivity contribution in [1.29, 1.82) is 0 Å². The Balaban J connectivity index is 2.02. The van der Waals surface area contributed by atoms with Crippen molar-refractivity contribution < 1.29 is 9.53 Å². The molecule has 0 bridgehead atoms. The zero-order valence-electron chi connectivity index (χ0n) is 11.1. The van der Waals surface area contributed by atoms with Crippen LogP contribution in [0.5, 0.6) is 0 Å². The first kappa shape index (κ1) is 15.1. The number of thioether (sulfide) groups is 1. The summed E-state index contributed by atoms with van der Waals surface area (Å²) >= 11 is 7.79. The van der Waals surface area contributed by atoms with Crippen molar-refractivity contribution in [2.75, 3.05) is 48.0 Å². The maximum Gasteiger partial charge on any atom is 0.325 e. The van der Waals surface area contributed by atoms with Crippen LogP contribution in [-0.2, 0) is 9.53 Å². The second kappa shape index (κ2) is 7.49. The van der Waals surface area contributed by atoms with Crippen molar-refractivity contribution in [3.63, 3.8) is 0 Å². The van der Waals surface area contributed by atoms with Gasteiger partial charge in [0.2, 0.25) is 17.2 Å². The van der Waals surface area contributed by atoms with Crippen molar-refractivity contribution in [1.82, 2.24) is 15.0 Å². The van der Waals surface area contributed by atoms with E-state index in [2.05, 4.69) is 25.2 Å². The molecule has 1 fully saturated rings. The predicted octanol–water partition coefficient (Wildman–Crippen LogP) is 1.05. The number of ether oxygens (including phenoxy) is 1. The summed E-state index contributed by atoms with van der Waals surface area (Å²) < 4.78 is 4.82. The largest absolute Gasteiger partial charge is 0.465 e. The van der Waals surface area contributed by atoms with Gasteiger partial charge in [-0.2, -0.15) is 26.7 Å². The lowest BCUT2D eigenvalue weighted by atomic mass is 10.5. The zero-order chi connectivity index (χ0) is 14.4.